The van der Waals surface area contributed by atoms with E-state index in [0.717, 1.165) is 45.2 Å². The van der Waals surface area contributed by atoms with E-state index in [1.807, 2.05) is 49.4 Å². The zero-order valence-corrected chi connectivity index (χ0v) is 19.0. The molecule has 4 heteroatoms. The summed E-state index contributed by atoms with van der Waals surface area (Å²) in [6.07, 6.45) is 0. The molecule has 0 fully saturated rings. The molecule has 0 unspecified atom stereocenters. The first-order chi connectivity index (χ1) is 15.6. The first-order valence-electron chi connectivity index (χ1n) is 10.7. The van der Waals surface area contributed by atoms with E-state index in [4.69, 9.17) is 9.57 Å². The van der Waals surface area contributed by atoms with Gasteiger partial charge in [0.15, 0.2) is 0 Å². The molecule has 0 aliphatic carbocycles. The minimum absolute atomic E-state index is 0.446. The minimum Gasteiger partial charge on any atom is -0.497 e. The van der Waals surface area contributed by atoms with E-state index in [9.17, 15) is 0 Å². The molecule has 0 N–H and O–H groups in total. The summed E-state index contributed by atoms with van der Waals surface area (Å²) in [7, 11) is 1.68. The number of aryl methyl sites for hydroxylation is 1. The maximum atomic E-state index is 5.66. The number of nitrogens with zero attached hydrogens (tertiary/aromatic N) is 2. The van der Waals surface area contributed by atoms with Gasteiger partial charge in [0.05, 0.1) is 18.5 Å². The minimum atomic E-state index is 0.446. The van der Waals surface area contributed by atoms with Crippen LogP contribution in [0, 0.1) is 13.8 Å². The van der Waals surface area contributed by atoms with Gasteiger partial charge >= 0.3 is 0 Å². The second-order valence-corrected chi connectivity index (χ2v) is 7.87. The Hall–Kier alpha value is -3.79. The van der Waals surface area contributed by atoms with Crippen LogP contribution in [0.2, 0.25) is 0 Å². The summed E-state index contributed by atoms with van der Waals surface area (Å²) < 4.78 is 7.62. The fraction of sp³-hybridized carbons (Fsp3) is 0.179. The second-order valence-electron chi connectivity index (χ2n) is 7.87. The molecular weight excluding hydrogens is 396 g/mol. The maximum Gasteiger partial charge on any atom is 0.142 e. The van der Waals surface area contributed by atoms with Gasteiger partial charge in [-0.25, -0.2) is 0 Å². The van der Waals surface area contributed by atoms with E-state index in [1.54, 1.807) is 7.11 Å². The Morgan fingerprint density at radius 3 is 2.31 bits per heavy atom. The van der Waals surface area contributed by atoms with Gasteiger partial charge in [-0.15, -0.1) is 0 Å². The molecule has 0 aliphatic heterocycles. The van der Waals surface area contributed by atoms with Crippen molar-refractivity contribution in [1.82, 2.24) is 4.57 Å². The lowest BCUT2D eigenvalue weighted by Crippen LogP contribution is -2.03. The van der Waals surface area contributed by atoms with Crippen LogP contribution in [0.3, 0.4) is 0 Å². The summed E-state index contributed by atoms with van der Waals surface area (Å²) >= 11 is 0. The molecule has 32 heavy (non-hydrogen) atoms. The van der Waals surface area contributed by atoms with Crippen molar-refractivity contribution < 1.29 is 9.57 Å². The lowest BCUT2D eigenvalue weighted by atomic mass is 10.1. The van der Waals surface area contributed by atoms with Gasteiger partial charge in [0.25, 0.3) is 0 Å². The first kappa shape index (κ1) is 21.4. The molecule has 0 aliphatic rings. The Balaban J connectivity index is 1.73. The van der Waals surface area contributed by atoms with Gasteiger partial charge in [0.1, 0.15) is 12.4 Å². The number of aromatic nitrogens is 1. The van der Waals surface area contributed by atoms with Gasteiger partial charge in [-0.3, -0.25) is 0 Å². The predicted octanol–water partition coefficient (Wildman–Crippen LogP) is 6.71. The lowest BCUT2D eigenvalue weighted by Gasteiger charge is -2.13. The number of oxime groups is 1. The highest BCUT2D eigenvalue weighted by molar-refractivity contribution is 6.01. The Labute approximate surface area is 189 Å². The molecule has 0 saturated carbocycles. The van der Waals surface area contributed by atoms with E-state index in [1.165, 1.54) is 5.56 Å². The van der Waals surface area contributed by atoms with Gasteiger partial charge in [0, 0.05) is 16.9 Å². The van der Waals surface area contributed by atoms with Crippen LogP contribution < -0.4 is 4.74 Å². The van der Waals surface area contributed by atoms with Crippen LogP contribution in [0.1, 0.15) is 29.3 Å². The van der Waals surface area contributed by atoms with Gasteiger partial charge < -0.3 is 14.1 Å². The lowest BCUT2D eigenvalue weighted by molar-refractivity contribution is 0.130. The fourth-order valence-corrected chi connectivity index (χ4v) is 3.87. The molecule has 1 heterocycles. The zero-order valence-electron chi connectivity index (χ0n) is 19.0. The summed E-state index contributed by atoms with van der Waals surface area (Å²) in [6, 6.07) is 28.9. The van der Waals surface area contributed by atoms with Crippen LogP contribution in [0.15, 0.2) is 90.1 Å². The molecule has 4 nitrogen and oxygen atoms in total. The third-order valence-electron chi connectivity index (χ3n) is 5.56. The van der Waals surface area contributed by atoms with Crippen molar-refractivity contribution in [3.63, 3.8) is 0 Å². The van der Waals surface area contributed by atoms with E-state index >= 15 is 0 Å². The van der Waals surface area contributed by atoms with Gasteiger partial charge in [0.2, 0.25) is 0 Å². The van der Waals surface area contributed by atoms with Gasteiger partial charge in [-0.1, -0.05) is 47.6 Å². The van der Waals surface area contributed by atoms with E-state index < -0.39 is 0 Å². The average Bonchev–Trinajstić information content (AvgIpc) is 3.17. The van der Waals surface area contributed by atoms with E-state index in [0.29, 0.717) is 6.61 Å². The highest BCUT2D eigenvalue weighted by Crippen LogP contribution is 2.31. The van der Waals surface area contributed by atoms with Crippen molar-refractivity contribution in [3.05, 3.63) is 107 Å². The summed E-state index contributed by atoms with van der Waals surface area (Å²) in [5, 5.41) is 4.42. The van der Waals surface area contributed by atoms with Crippen LogP contribution in [0.25, 0.3) is 16.9 Å². The predicted molar refractivity (Wildman–Crippen MR) is 131 cm³/mol. The zero-order chi connectivity index (χ0) is 22.5. The summed E-state index contributed by atoms with van der Waals surface area (Å²) in [6.45, 7) is 6.67. The van der Waals surface area contributed by atoms with E-state index in [-0.39, 0.29) is 0 Å². The highest BCUT2D eigenvalue weighted by Gasteiger charge is 2.17. The van der Waals surface area contributed by atoms with Crippen molar-refractivity contribution >= 4 is 5.71 Å². The number of hydrogen-bond donors (Lipinski definition) is 0. The van der Waals surface area contributed by atoms with Crippen molar-refractivity contribution in [3.8, 4) is 22.7 Å². The highest BCUT2D eigenvalue weighted by atomic mass is 16.6. The Morgan fingerprint density at radius 1 is 0.875 bits per heavy atom. The largest absolute Gasteiger partial charge is 0.497 e. The molecule has 0 atom stereocenters. The molecule has 3 aromatic carbocycles. The number of benzene rings is 3. The van der Waals surface area contributed by atoms with Crippen LogP contribution in [-0.4, -0.2) is 17.4 Å². The molecule has 162 valence electrons. The maximum absolute atomic E-state index is 5.66. The van der Waals surface area contributed by atoms with Crippen LogP contribution in [0.5, 0.6) is 5.75 Å². The number of methoxy groups -OCH3 is 1. The molecule has 1 aromatic heterocycles. The SMILES string of the molecule is COc1ccc(-c2cc(/C(C)=N/OCc3ccccc3)c(C)n2-c2cccc(C)c2)cc1. The summed E-state index contributed by atoms with van der Waals surface area (Å²) in [5.74, 6) is 0.839. The van der Waals surface area contributed by atoms with Gasteiger partial charge in [-0.2, -0.15) is 0 Å². The van der Waals surface area contributed by atoms with Crippen LogP contribution in [0.4, 0.5) is 0 Å². The van der Waals surface area contributed by atoms with Crippen molar-refractivity contribution in [1.29, 1.82) is 0 Å². The third-order valence-corrected chi connectivity index (χ3v) is 5.56. The van der Waals surface area contributed by atoms with E-state index in [2.05, 4.69) is 66.0 Å². The molecule has 0 bridgehead atoms. The second kappa shape index (κ2) is 9.56. The molecular formula is C28H28N2O2. The smallest absolute Gasteiger partial charge is 0.142 e. The monoisotopic (exact) mass is 424 g/mol. The Bertz CT molecular complexity index is 1220. The molecule has 0 radical (unpaired) electrons. The molecule has 4 aromatic rings. The molecule has 0 amide bonds. The topological polar surface area (TPSA) is 35.8 Å². The molecule has 0 saturated heterocycles. The third kappa shape index (κ3) is 4.59. The average molecular weight is 425 g/mol. The first-order valence-corrected chi connectivity index (χ1v) is 10.7. The van der Waals surface area contributed by atoms with Crippen LogP contribution in [-0.2, 0) is 11.4 Å². The normalized spacial score (nSPS) is 11.4. The fourth-order valence-electron chi connectivity index (χ4n) is 3.87. The van der Waals surface area contributed by atoms with Gasteiger partial charge in [-0.05, 0) is 79.9 Å². The van der Waals surface area contributed by atoms with Crippen molar-refractivity contribution in [2.75, 3.05) is 7.11 Å². The summed E-state index contributed by atoms with van der Waals surface area (Å²) in [5.41, 5.74) is 8.67. The number of hydrogen-bond acceptors (Lipinski definition) is 3. The standard InChI is InChI=1S/C28H28N2O2/c1-20-9-8-12-25(17-20)30-22(3)27(18-28(30)24-13-15-26(31-4)16-14-24)21(2)29-32-19-23-10-6-5-7-11-23/h5-18H,19H2,1-4H3/b29-21+. The van der Waals surface area contributed by atoms with Crippen molar-refractivity contribution in [2.45, 2.75) is 27.4 Å². The Morgan fingerprint density at radius 2 is 1.62 bits per heavy atom. The van der Waals surface area contributed by atoms with Crippen molar-refractivity contribution in [2.24, 2.45) is 5.16 Å². The van der Waals surface area contributed by atoms with Crippen LogP contribution >= 0.6 is 0 Å². The summed E-state index contributed by atoms with van der Waals surface area (Å²) in [4.78, 5) is 5.66. The molecule has 4 rings (SSSR count). The quantitative estimate of drug-likeness (QED) is 0.244. The Kier molecular flexibility index (Phi) is 6.41. The molecule has 0 spiro atoms. The number of rotatable bonds is 7. The number of ether oxygens (including phenoxy) is 1.